The van der Waals surface area contributed by atoms with Gasteiger partial charge in [0.15, 0.2) is 0 Å². The van der Waals surface area contributed by atoms with Gasteiger partial charge in [-0.15, -0.1) is 0 Å². The fourth-order valence-corrected chi connectivity index (χ4v) is 0. The molecule has 9 heavy (non-hydrogen) atoms. The molecule has 62 valence electrons. The predicted molar refractivity (Wildman–Crippen MR) is 45.3 cm³/mol. The van der Waals surface area contributed by atoms with Crippen molar-refractivity contribution in [1.82, 2.24) is 0 Å². The van der Waals surface area contributed by atoms with E-state index in [1.165, 1.54) is 0 Å². The summed E-state index contributed by atoms with van der Waals surface area (Å²) in [7, 11) is 0. The van der Waals surface area contributed by atoms with Crippen LogP contribution in [0.25, 0.3) is 0 Å². The van der Waals surface area contributed by atoms with E-state index in [9.17, 15) is 0 Å². The van der Waals surface area contributed by atoms with E-state index in [0.29, 0.717) is 0 Å². The topological polar surface area (TPSA) is 0 Å². The number of hydrogen-bond donors (Lipinski definition) is 0. The van der Waals surface area contributed by atoms with Crippen LogP contribution in [0.1, 0.15) is 0 Å². The first kappa shape index (κ1) is 64.7. The SMILES string of the molecule is [GeH4].[GeH4].[GeH4].[GeH4].[Sm].[Sm].[Sm].[Sm].[Sm]. The van der Waals surface area contributed by atoms with Crippen LogP contribution in [0.2, 0.25) is 0 Å². The molecule has 0 aromatic heterocycles. The predicted octanol–water partition coefficient (Wildman–Crippen LogP) is -5.81. The molecule has 0 atom stereocenters. The summed E-state index contributed by atoms with van der Waals surface area (Å²) in [6.07, 6.45) is 0. The van der Waals surface area contributed by atoms with Gasteiger partial charge in [-0.25, -0.2) is 0 Å². The van der Waals surface area contributed by atoms with E-state index in [1.807, 2.05) is 0 Å². The zero-order valence-corrected chi connectivity index (χ0v) is 15.1. The van der Waals surface area contributed by atoms with E-state index in [4.69, 9.17) is 0 Å². The van der Waals surface area contributed by atoms with Gasteiger partial charge in [0.2, 0.25) is 0 Å². The zero-order valence-electron chi connectivity index (χ0n) is 2.04. The van der Waals surface area contributed by atoms with Crippen molar-refractivity contribution in [2.75, 3.05) is 0 Å². The van der Waals surface area contributed by atoms with Gasteiger partial charge < -0.3 is 0 Å². The Bertz CT molecular complexity index is 8.92. The molecule has 0 amide bonds. The van der Waals surface area contributed by atoms with Crippen LogP contribution in [-0.4, -0.2) is 70.4 Å². The van der Waals surface area contributed by atoms with Crippen LogP contribution >= 0.6 is 0 Å². The van der Waals surface area contributed by atoms with Gasteiger partial charge in [-0.05, 0) is 0 Å². The van der Waals surface area contributed by atoms with Crippen molar-refractivity contribution in [2.24, 2.45) is 0 Å². The van der Waals surface area contributed by atoms with Gasteiger partial charge in [0, 0.05) is 202 Å². The van der Waals surface area contributed by atoms with Gasteiger partial charge in [-0.3, -0.25) is 0 Å². The van der Waals surface area contributed by atoms with Crippen molar-refractivity contribution in [2.45, 2.75) is 0 Å². The summed E-state index contributed by atoms with van der Waals surface area (Å²) < 4.78 is 0. The normalized spacial score (nSPS) is 0. The fourth-order valence-electron chi connectivity index (χ4n) is 0. The van der Waals surface area contributed by atoms with Gasteiger partial charge in [0.25, 0.3) is 0 Å². The Labute approximate surface area is 263 Å². The van der Waals surface area contributed by atoms with Crippen molar-refractivity contribution in [3.63, 3.8) is 0 Å². The first-order valence-electron chi connectivity index (χ1n) is 0. The molecule has 0 radical (unpaired) electrons. The Morgan fingerprint density at radius 2 is 0.222 bits per heavy atom. The van der Waals surface area contributed by atoms with Crippen LogP contribution in [0.15, 0.2) is 0 Å². The summed E-state index contributed by atoms with van der Waals surface area (Å²) in [4.78, 5) is 0. The number of rotatable bonds is 0. The summed E-state index contributed by atoms with van der Waals surface area (Å²) in [5.74, 6) is 0. The average Bonchev–Trinajstić information content (AvgIpc) is 0. The van der Waals surface area contributed by atoms with E-state index in [1.54, 1.807) is 0 Å². The number of hydrogen-bond acceptors (Lipinski definition) is 0. The molecule has 0 aromatic rings. The van der Waals surface area contributed by atoms with E-state index in [2.05, 4.69) is 0 Å². The van der Waals surface area contributed by atoms with Crippen molar-refractivity contribution >= 4 is 70.4 Å². The summed E-state index contributed by atoms with van der Waals surface area (Å²) in [6, 6.07) is 0. The van der Waals surface area contributed by atoms with E-state index < -0.39 is 0 Å². The monoisotopic (exact) mass is 1070 g/mol. The minimum absolute atomic E-state index is 0. The molecule has 0 unspecified atom stereocenters. The Kier molecular flexibility index (Phi) is 388. The van der Waals surface area contributed by atoms with Crippen molar-refractivity contribution in [3.8, 4) is 0 Å². The van der Waals surface area contributed by atoms with Crippen LogP contribution in [0.3, 0.4) is 0 Å². The Morgan fingerprint density at radius 3 is 0.222 bits per heavy atom. The van der Waals surface area contributed by atoms with Crippen LogP contribution in [0, 0.1) is 202 Å². The smallest absolute Gasteiger partial charge is 0 e. The molecule has 9 heteroatoms. The molecule has 0 aliphatic carbocycles. The molecule has 0 saturated heterocycles. The maximum atomic E-state index is 0. The Balaban J connectivity index is 0. The first-order chi connectivity index (χ1) is 0. The van der Waals surface area contributed by atoms with Gasteiger partial charge in [0.05, 0.1) is 0 Å². The molecule has 0 bridgehead atoms. The van der Waals surface area contributed by atoms with Crippen molar-refractivity contribution < 1.29 is 202 Å². The molecule has 0 spiro atoms. The molecular weight excluding hydrogens is 1040 g/mol. The molecule has 0 N–H and O–H groups in total. The Hall–Kier alpha value is 8.86. The first-order valence-corrected chi connectivity index (χ1v) is 0. The van der Waals surface area contributed by atoms with Crippen molar-refractivity contribution in [1.29, 1.82) is 0 Å². The molecule has 0 aromatic carbocycles. The van der Waals surface area contributed by atoms with Crippen molar-refractivity contribution in [3.05, 3.63) is 0 Å². The maximum Gasteiger partial charge on any atom is 0 e. The average molecular weight is 1060 g/mol. The van der Waals surface area contributed by atoms with Gasteiger partial charge in [-0.1, -0.05) is 0 Å². The fraction of sp³-hybridized carbons (Fsp3) is 0. The third-order valence-electron chi connectivity index (χ3n) is 0. The quantitative estimate of drug-likeness (QED) is 0.213. The summed E-state index contributed by atoms with van der Waals surface area (Å²) in [6.45, 7) is 0. The molecule has 0 rings (SSSR count). The standard InChI is InChI=1S/4GeH4.5Sm/h4*1H4;;;;;. The molecule has 0 nitrogen and oxygen atoms in total. The molecular formula is H16Ge4Sm5. The molecule has 0 aliphatic heterocycles. The van der Waals surface area contributed by atoms with Gasteiger partial charge in [-0.2, -0.15) is 0 Å². The largest absolute Gasteiger partial charge is 0 e. The molecule has 0 fully saturated rings. The zero-order chi connectivity index (χ0) is 0. The molecule has 0 heterocycles. The minimum Gasteiger partial charge on any atom is 0 e. The third-order valence-corrected chi connectivity index (χ3v) is 0. The second-order valence-corrected chi connectivity index (χ2v) is 0. The summed E-state index contributed by atoms with van der Waals surface area (Å²) in [5, 5.41) is 0. The Morgan fingerprint density at radius 1 is 0.222 bits per heavy atom. The van der Waals surface area contributed by atoms with Crippen LogP contribution in [0.4, 0.5) is 0 Å². The maximum absolute atomic E-state index is 0. The van der Waals surface area contributed by atoms with Crippen LogP contribution < -0.4 is 0 Å². The molecule has 0 aliphatic rings. The van der Waals surface area contributed by atoms with Crippen LogP contribution in [-0.2, 0) is 0 Å². The van der Waals surface area contributed by atoms with Crippen LogP contribution in [0.5, 0.6) is 0 Å². The summed E-state index contributed by atoms with van der Waals surface area (Å²) >= 11 is 0. The second-order valence-electron chi connectivity index (χ2n) is 0. The van der Waals surface area contributed by atoms with E-state index in [0.717, 1.165) is 0 Å². The van der Waals surface area contributed by atoms with Gasteiger partial charge in [0.1, 0.15) is 0 Å². The molecule has 0 saturated carbocycles. The van der Waals surface area contributed by atoms with E-state index >= 15 is 0 Å². The summed E-state index contributed by atoms with van der Waals surface area (Å²) in [5.41, 5.74) is 0. The third kappa shape index (κ3) is 47.4. The second kappa shape index (κ2) is 54.0. The van der Waals surface area contributed by atoms with Gasteiger partial charge >= 0.3 is 70.4 Å². The minimum atomic E-state index is 0. The van der Waals surface area contributed by atoms with E-state index in [-0.39, 0.29) is 272 Å².